The summed E-state index contributed by atoms with van der Waals surface area (Å²) in [6.07, 6.45) is 0. The van der Waals surface area contributed by atoms with Crippen LogP contribution >= 0.6 is 0 Å². The Morgan fingerprint density at radius 3 is 2.00 bits per heavy atom. The molecule has 1 aromatic rings. The molecule has 74 valence electrons. The van der Waals surface area contributed by atoms with E-state index in [-0.39, 0.29) is 5.82 Å². The van der Waals surface area contributed by atoms with Gasteiger partial charge in [-0.05, 0) is 37.1 Å². The van der Waals surface area contributed by atoms with E-state index in [0.29, 0.717) is 0 Å². The summed E-state index contributed by atoms with van der Waals surface area (Å²) in [6.45, 7) is 3.87. The standard InChI is InChI=1S/C8H9F.H3NO2S/c1-6-3-4-8(9)5-7(6)2;1-4(2)3/h3-5H,1-2H3;4H,(H2,1,2,3). The first-order valence-electron chi connectivity index (χ1n) is 3.55. The molecule has 0 spiro atoms. The van der Waals surface area contributed by atoms with E-state index in [2.05, 4.69) is 5.14 Å². The molecular formula is C8H12FNO2S. The van der Waals surface area contributed by atoms with Crippen LogP contribution in [0.25, 0.3) is 0 Å². The van der Waals surface area contributed by atoms with Crippen molar-refractivity contribution in [3.05, 3.63) is 35.1 Å². The van der Waals surface area contributed by atoms with Gasteiger partial charge in [0.1, 0.15) is 5.82 Å². The van der Waals surface area contributed by atoms with Crippen molar-refractivity contribution in [2.75, 3.05) is 0 Å². The van der Waals surface area contributed by atoms with Crippen molar-refractivity contribution in [1.29, 1.82) is 0 Å². The molecule has 0 unspecified atom stereocenters. The quantitative estimate of drug-likeness (QED) is 0.618. The van der Waals surface area contributed by atoms with Gasteiger partial charge in [-0.2, -0.15) is 0 Å². The molecule has 1 rings (SSSR count). The van der Waals surface area contributed by atoms with Gasteiger partial charge in [0.25, 0.3) is 0 Å². The zero-order valence-corrected chi connectivity index (χ0v) is 8.35. The van der Waals surface area contributed by atoms with Crippen LogP contribution in [0.4, 0.5) is 4.39 Å². The Morgan fingerprint density at radius 2 is 1.69 bits per heavy atom. The summed E-state index contributed by atoms with van der Waals surface area (Å²) < 4.78 is 30.0. The Balaban J connectivity index is 0.000000310. The van der Waals surface area contributed by atoms with Gasteiger partial charge < -0.3 is 0 Å². The van der Waals surface area contributed by atoms with E-state index in [1.54, 1.807) is 6.07 Å². The molecule has 0 atom stereocenters. The first-order valence-corrected chi connectivity index (χ1v) is 4.80. The second kappa shape index (κ2) is 5.66. The molecule has 0 heterocycles. The maximum atomic E-state index is 12.3. The lowest BCUT2D eigenvalue weighted by atomic mass is 10.1. The molecule has 0 fully saturated rings. The Kier molecular flexibility index (Phi) is 5.25. The zero-order chi connectivity index (χ0) is 10.4. The highest BCUT2D eigenvalue weighted by atomic mass is 32.2. The number of rotatable bonds is 0. The van der Waals surface area contributed by atoms with Crippen molar-refractivity contribution in [2.45, 2.75) is 13.8 Å². The minimum absolute atomic E-state index is 0.155. The highest BCUT2D eigenvalue weighted by molar-refractivity contribution is 7.69. The fourth-order valence-electron chi connectivity index (χ4n) is 0.705. The number of aryl methyl sites for hydroxylation is 2. The molecule has 5 heteroatoms. The molecule has 0 bridgehead atoms. The highest BCUT2D eigenvalue weighted by Gasteiger charge is 1.91. The van der Waals surface area contributed by atoms with E-state index >= 15 is 0 Å². The number of benzene rings is 1. The SMILES string of the molecule is Cc1ccc(F)cc1C.N[SH](=O)=O. The molecule has 0 saturated carbocycles. The van der Waals surface area contributed by atoms with Crippen LogP contribution in [0.1, 0.15) is 11.1 Å². The van der Waals surface area contributed by atoms with Gasteiger partial charge in [0.15, 0.2) is 10.9 Å². The van der Waals surface area contributed by atoms with Crippen LogP contribution in [0, 0.1) is 19.7 Å². The van der Waals surface area contributed by atoms with E-state index in [1.807, 2.05) is 13.8 Å². The van der Waals surface area contributed by atoms with Gasteiger partial charge in [0, 0.05) is 0 Å². The van der Waals surface area contributed by atoms with E-state index in [1.165, 1.54) is 12.1 Å². The van der Waals surface area contributed by atoms with Crippen LogP contribution in [-0.2, 0) is 10.9 Å². The van der Waals surface area contributed by atoms with E-state index in [9.17, 15) is 4.39 Å². The molecule has 1 aromatic carbocycles. The molecule has 13 heavy (non-hydrogen) atoms. The third-order valence-corrected chi connectivity index (χ3v) is 1.47. The molecule has 2 N–H and O–H groups in total. The molecule has 0 radical (unpaired) electrons. The van der Waals surface area contributed by atoms with Crippen molar-refractivity contribution >= 4 is 10.9 Å². The van der Waals surface area contributed by atoms with Crippen molar-refractivity contribution in [3.8, 4) is 0 Å². The smallest absolute Gasteiger partial charge is 0.198 e. The van der Waals surface area contributed by atoms with Gasteiger partial charge in [0.2, 0.25) is 0 Å². The predicted octanol–water partition coefficient (Wildman–Crippen LogP) is 0.914. The molecule has 3 nitrogen and oxygen atoms in total. The van der Waals surface area contributed by atoms with Gasteiger partial charge in [-0.1, -0.05) is 6.07 Å². The first-order chi connectivity index (χ1) is 5.93. The number of nitrogens with two attached hydrogens (primary N) is 1. The summed E-state index contributed by atoms with van der Waals surface area (Å²) in [5, 5.41) is 4.06. The number of halogens is 1. The largest absolute Gasteiger partial charge is 0.231 e. The van der Waals surface area contributed by atoms with Crippen LogP contribution in [-0.4, -0.2) is 8.42 Å². The van der Waals surface area contributed by atoms with Crippen molar-refractivity contribution in [3.63, 3.8) is 0 Å². The van der Waals surface area contributed by atoms with Crippen LogP contribution < -0.4 is 5.14 Å². The fraction of sp³-hybridized carbons (Fsp3) is 0.250. The maximum absolute atomic E-state index is 12.3. The minimum Gasteiger partial charge on any atom is -0.231 e. The van der Waals surface area contributed by atoms with E-state index in [0.717, 1.165) is 11.1 Å². The summed E-state index contributed by atoms with van der Waals surface area (Å²) in [5.41, 5.74) is 2.14. The van der Waals surface area contributed by atoms with Gasteiger partial charge in [0.05, 0.1) is 0 Å². The van der Waals surface area contributed by atoms with Gasteiger partial charge in [-0.25, -0.2) is 17.9 Å². The molecule has 0 aromatic heterocycles. The second-order valence-electron chi connectivity index (χ2n) is 2.51. The average molecular weight is 205 g/mol. The van der Waals surface area contributed by atoms with Crippen molar-refractivity contribution in [1.82, 2.24) is 0 Å². The first kappa shape index (κ1) is 12.1. The minimum atomic E-state index is -2.62. The molecule has 0 aliphatic rings. The average Bonchev–Trinajstić information content (AvgIpc) is 1.96. The summed E-state index contributed by atoms with van der Waals surface area (Å²) in [6, 6.07) is 4.79. The Hall–Kier alpha value is -0.940. The molecule has 0 aliphatic carbocycles. The topological polar surface area (TPSA) is 60.2 Å². The number of hydrogen-bond acceptors (Lipinski definition) is 2. The van der Waals surface area contributed by atoms with E-state index in [4.69, 9.17) is 8.42 Å². The third kappa shape index (κ3) is 6.24. The zero-order valence-electron chi connectivity index (χ0n) is 7.45. The molecular weight excluding hydrogens is 193 g/mol. The monoisotopic (exact) mass is 205 g/mol. The third-order valence-electron chi connectivity index (χ3n) is 1.47. The van der Waals surface area contributed by atoms with Crippen LogP contribution in [0.2, 0.25) is 0 Å². The highest BCUT2D eigenvalue weighted by Crippen LogP contribution is 2.07. The van der Waals surface area contributed by atoms with Gasteiger partial charge in [-0.15, -0.1) is 0 Å². The van der Waals surface area contributed by atoms with Crippen molar-refractivity contribution in [2.24, 2.45) is 5.14 Å². The van der Waals surface area contributed by atoms with Crippen LogP contribution in [0.3, 0.4) is 0 Å². The summed E-state index contributed by atoms with van der Waals surface area (Å²) in [5.74, 6) is -0.155. The van der Waals surface area contributed by atoms with Crippen LogP contribution in [0.15, 0.2) is 18.2 Å². The molecule has 0 aliphatic heterocycles. The normalized spacial score (nSPS) is 9.31. The Bertz CT molecular complexity index is 342. The fourth-order valence-corrected chi connectivity index (χ4v) is 0.705. The van der Waals surface area contributed by atoms with E-state index < -0.39 is 10.9 Å². The lowest BCUT2D eigenvalue weighted by Crippen LogP contribution is -1.85. The number of hydrogen-bond donors (Lipinski definition) is 2. The van der Waals surface area contributed by atoms with Crippen molar-refractivity contribution < 1.29 is 12.8 Å². The summed E-state index contributed by atoms with van der Waals surface area (Å²) in [4.78, 5) is 0. The Labute approximate surface area is 78.5 Å². The second-order valence-corrected chi connectivity index (χ2v) is 3.08. The Morgan fingerprint density at radius 1 is 1.23 bits per heavy atom. The molecule has 0 saturated heterocycles. The summed E-state index contributed by atoms with van der Waals surface area (Å²) in [7, 11) is -2.62. The predicted molar refractivity (Wildman–Crippen MR) is 50.4 cm³/mol. The number of thiol groups is 1. The van der Waals surface area contributed by atoms with Crippen LogP contribution in [0.5, 0.6) is 0 Å². The summed E-state index contributed by atoms with van der Waals surface area (Å²) >= 11 is 0. The van der Waals surface area contributed by atoms with Gasteiger partial charge >= 0.3 is 0 Å². The maximum Gasteiger partial charge on any atom is 0.198 e. The molecule has 0 amide bonds. The van der Waals surface area contributed by atoms with Gasteiger partial charge in [-0.3, -0.25) is 0 Å². The lowest BCUT2D eigenvalue weighted by molar-refractivity contribution is 0.616. The lowest BCUT2D eigenvalue weighted by Gasteiger charge is -1.96.